The van der Waals surface area contributed by atoms with Gasteiger partial charge in [0.25, 0.3) is 10.0 Å². The molecule has 2 bridgehead atoms. The number of anilines is 2. The topological polar surface area (TPSA) is 83.6 Å². The largest absolute Gasteiger partial charge is 0.280 e. The monoisotopic (exact) mass is 476 g/mol. The molecule has 4 atom stereocenters. The molecule has 1 aliphatic heterocycles. The number of rotatable bonds is 4. The predicted molar refractivity (Wildman–Crippen MR) is 119 cm³/mol. The first-order valence-electron chi connectivity index (χ1n) is 9.81. The van der Waals surface area contributed by atoms with Crippen molar-refractivity contribution in [1.82, 2.24) is 0 Å². The number of benzene rings is 2. The maximum absolute atomic E-state index is 13.2. The average Bonchev–Trinajstić information content (AvgIpc) is 3.33. The maximum atomic E-state index is 13.2. The molecule has 1 saturated heterocycles. The number of hydrogen-bond acceptors (Lipinski definition) is 4. The lowest BCUT2D eigenvalue weighted by molar-refractivity contribution is -0.123. The van der Waals surface area contributed by atoms with E-state index < -0.39 is 10.0 Å². The minimum absolute atomic E-state index is 0.0184. The van der Waals surface area contributed by atoms with Gasteiger partial charge in [-0.3, -0.25) is 14.3 Å². The Hall–Kier alpha value is -2.35. The van der Waals surface area contributed by atoms with Crippen LogP contribution in [0.3, 0.4) is 0 Å². The molecule has 2 amide bonds. The SMILES string of the molecule is CC1=C[C@H]2C[C@H]1[C@@H]1C(=O)N(c3ccc(Cl)c(S(=O)(=O)Nc4cccc(Cl)c4)c3)C(=O)[C@@H]12. The molecule has 1 saturated carbocycles. The van der Waals surface area contributed by atoms with Crippen LogP contribution in [-0.4, -0.2) is 20.2 Å². The van der Waals surface area contributed by atoms with Crippen LogP contribution in [0.15, 0.2) is 59.0 Å². The lowest BCUT2D eigenvalue weighted by atomic mass is 9.82. The zero-order valence-electron chi connectivity index (χ0n) is 16.4. The number of carbonyl (C=O) groups excluding carboxylic acids is 2. The number of amides is 2. The highest BCUT2D eigenvalue weighted by Gasteiger charge is 2.61. The van der Waals surface area contributed by atoms with E-state index in [1.807, 2.05) is 6.92 Å². The van der Waals surface area contributed by atoms with Gasteiger partial charge in [0.1, 0.15) is 4.90 Å². The van der Waals surface area contributed by atoms with Gasteiger partial charge < -0.3 is 0 Å². The molecule has 1 heterocycles. The van der Waals surface area contributed by atoms with Crippen LogP contribution in [0.4, 0.5) is 11.4 Å². The number of nitrogens with zero attached hydrogens (tertiary/aromatic N) is 1. The number of halogens is 2. The molecule has 5 rings (SSSR count). The summed E-state index contributed by atoms with van der Waals surface area (Å²) in [4.78, 5) is 27.2. The Morgan fingerprint density at radius 3 is 2.52 bits per heavy atom. The predicted octanol–water partition coefficient (Wildman–Crippen LogP) is 4.50. The van der Waals surface area contributed by atoms with Gasteiger partial charge in [0.05, 0.1) is 28.2 Å². The fourth-order valence-electron chi connectivity index (χ4n) is 5.13. The molecule has 6 nitrogen and oxygen atoms in total. The van der Waals surface area contributed by atoms with Crippen LogP contribution in [-0.2, 0) is 19.6 Å². The minimum Gasteiger partial charge on any atom is -0.280 e. The smallest absolute Gasteiger partial charge is 0.263 e. The van der Waals surface area contributed by atoms with Gasteiger partial charge in [-0.15, -0.1) is 0 Å². The minimum atomic E-state index is -4.08. The van der Waals surface area contributed by atoms with Crippen LogP contribution in [0, 0.1) is 23.7 Å². The van der Waals surface area contributed by atoms with Crippen LogP contribution in [0.25, 0.3) is 0 Å². The number of hydrogen-bond donors (Lipinski definition) is 1. The van der Waals surface area contributed by atoms with Crippen molar-refractivity contribution in [2.75, 3.05) is 9.62 Å². The van der Waals surface area contributed by atoms with Gasteiger partial charge in [-0.25, -0.2) is 13.3 Å². The third kappa shape index (κ3) is 3.18. The maximum Gasteiger partial charge on any atom is 0.263 e. The third-order valence-electron chi connectivity index (χ3n) is 6.42. The zero-order chi connectivity index (χ0) is 22.1. The normalized spacial score (nSPS) is 26.9. The number of sulfonamides is 1. The molecule has 160 valence electrons. The van der Waals surface area contributed by atoms with Gasteiger partial charge in [-0.1, -0.05) is 40.9 Å². The molecule has 0 unspecified atom stereocenters. The highest BCUT2D eigenvalue weighted by atomic mass is 35.5. The zero-order valence-corrected chi connectivity index (χ0v) is 18.7. The summed E-state index contributed by atoms with van der Waals surface area (Å²) in [5, 5.41) is 0.355. The Kier molecular flexibility index (Phi) is 4.70. The summed E-state index contributed by atoms with van der Waals surface area (Å²) in [6, 6.07) is 10.4. The van der Waals surface area contributed by atoms with Crippen molar-refractivity contribution >= 4 is 56.4 Å². The van der Waals surface area contributed by atoms with E-state index in [-0.39, 0.29) is 56.8 Å². The van der Waals surface area contributed by atoms with Crippen LogP contribution in [0.2, 0.25) is 10.0 Å². The average molecular weight is 477 g/mol. The van der Waals surface area contributed by atoms with Crippen LogP contribution in [0.5, 0.6) is 0 Å². The fourth-order valence-corrected chi connectivity index (χ4v) is 6.89. The Bertz CT molecular complexity index is 1270. The standard InChI is InChI=1S/C22H18Cl2N2O4S/c1-11-7-12-8-16(11)20-19(12)21(27)26(22(20)28)15-5-6-17(24)18(10-15)31(29,30)25-14-4-2-3-13(23)9-14/h2-7,9-10,12,16,19-20,25H,8H2,1H3/t12-,16+,19+,20-/m0/s1. The van der Waals surface area contributed by atoms with E-state index in [4.69, 9.17) is 23.2 Å². The summed E-state index contributed by atoms with van der Waals surface area (Å²) >= 11 is 12.1. The van der Waals surface area contributed by atoms with Gasteiger partial charge in [0.2, 0.25) is 11.8 Å². The second-order valence-corrected chi connectivity index (χ2v) is 10.7. The molecule has 2 aromatic rings. The lowest BCUT2D eigenvalue weighted by Crippen LogP contribution is -2.33. The van der Waals surface area contributed by atoms with Crippen LogP contribution >= 0.6 is 23.2 Å². The summed E-state index contributed by atoms with van der Waals surface area (Å²) in [5.41, 5.74) is 1.63. The highest BCUT2D eigenvalue weighted by Crippen LogP contribution is 2.56. The van der Waals surface area contributed by atoms with Crippen molar-refractivity contribution in [2.24, 2.45) is 23.7 Å². The van der Waals surface area contributed by atoms with E-state index in [0.717, 1.165) is 16.9 Å². The quantitative estimate of drug-likeness (QED) is 0.520. The summed E-state index contributed by atoms with van der Waals surface area (Å²) in [6.07, 6.45) is 2.92. The number of allylic oxidation sites excluding steroid dienone is 2. The summed E-state index contributed by atoms with van der Waals surface area (Å²) < 4.78 is 28.4. The van der Waals surface area contributed by atoms with Gasteiger partial charge in [-0.2, -0.15) is 0 Å². The Morgan fingerprint density at radius 2 is 1.77 bits per heavy atom. The number of imide groups is 1. The molecule has 2 aromatic carbocycles. The molecule has 2 fully saturated rings. The van der Waals surface area contributed by atoms with Gasteiger partial charge in [0, 0.05) is 5.02 Å². The molecular formula is C22H18Cl2N2O4S. The first kappa shape index (κ1) is 20.5. The van der Waals surface area contributed by atoms with E-state index >= 15 is 0 Å². The van der Waals surface area contributed by atoms with Crippen LogP contribution < -0.4 is 9.62 Å². The van der Waals surface area contributed by atoms with Crippen molar-refractivity contribution in [3.8, 4) is 0 Å². The van der Waals surface area contributed by atoms with Crippen molar-refractivity contribution < 1.29 is 18.0 Å². The molecule has 3 aliphatic rings. The van der Waals surface area contributed by atoms with Gasteiger partial charge in [-0.05, 0) is 61.6 Å². The van der Waals surface area contributed by atoms with E-state index in [1.54, 1.807) is 18.2 Å². The van der Waals surface area contributed by atoms with E-state index in [9.17, 15) is 18.0 Å². The molecule has 0 radical (unpaired) electrons. The number of nitrogens with one attached hydrogen (secondary N) is 1. The Morgan fingerprint density at radius 1 is 1.03 bits per heavy atom. The molecule has 1 N–H and O–H groups in total. The summed E-state index contributed by atoms with van der Waals surface area (Å²) in [5.74, 6) is -1.15. The Balaban J connectivity index is 1.50. The second-order valence-electron chi connectivity index (χ2n) is 8.21. The summed E-state index contributed by atoms with van der Waals surface area (Å²) in [6.45, 7) is 2.00. The molecule has 2 aliphatic carbocycles. The van der Waals surface area contributed by atoms with Crippen molar-refractivity contribution in [2.45, 2.75) is 18.2 Å². The molecule has 9 heteroatoms. The van der Waals surface area contributed by atoms with E-state index in [1.165, 1.54) is 24.3 Å². The van der Waals surface area contributed by atoms with Crippen molar-refractivity contribution in [3.63, 3.8) is 0 Å². The lowest BCUT2D eigenvalue weighted by Gasteiger charge is -2.19. The van der Waals surface area contributed by atoms with Crippen molar-refractivity contribution in [1.29, 1.82) is 0 Å². The van der Waals surface area contributed by atoms with Crippen molar-refractivity contribution in [3.05, 3.63) is 64.2 Å². The number of fused-ring (bicyclic) bond motifs is 5. The number of carbonyl (C=O) groups is 2. The van der Waals surface area contributed by atoms with E-state index in [2.05, 4.69) is 10.8 Å². The molecular weight excluding hydrogens is 459 g/mol. The van der Waals surface area contributed by atoms with Gasteiger partial charge in [0.15, 0.2) is 0 Å². The van der Waals surface area contributed by atoms with E-state index in [0.29, 0.717) is 5.02 Å². The van der Waals surface area contributed by atoms with Gasteiger partial charge >= 0.3 is 0 Å². The highest BCUT2D eigenvalue weighted by molar-refractivity contribution is 7.92. The third-order valence-corrected chi connectivity index (χ3v) is 8.52. The fraction of sp³-hybridized carbons (Fsp3) is 0.273. The molecule has 0 aromatic heterocycles. The van der Waals surface area contributed by atoms with Crippen LogP contribution in [0.1, 0.15) is 13.3 Å². The first-order chi connectivity index (χ1) is 14.7. The summed E-state index contributed by atoms with van der Waals surface area (Å²) in [7, 11) is -4.08. The Labute approximate surface area is 189 Å². The molecule has 0 spiro atoms. The second kappa shape index (κ2) is 7.08. The molecule has 31 heavy (non-hydrogen) atoms. The first-order valence-corrected chi connectivity index (χ1v) is 12.1.